The molecule has 1 aliphatic heterocycles. The molecule has 2 atom stereocenters. The van der Waals surface area contributed by atoms with E-state index in [4.69, 9.17) is 0 Å². The maximum Gasteiger partial charge on any atom is 0.243 e. The van der Waals surface area contributed by atoms with Crippen LogP contribution in [0.4, 0.5) is 0 Å². The first-order valence-electron chi connectivity index (χ1n) is 9.68. The fraction of sp³-hybridized carbons (Fsp3) is 0.409. The van der Waals surface area contributed by atoms with Crippen molar-refractivity contribution in [1.29, 1.82) is 0 Å². The van der Waals surface area contributed by atoms with Crippen molar-refractivity contribution in [3.63, 3.8) is 0 Å². The van der Waals surface area contributed by atoms with Gasteiger partial charge in [0.05, 0.1) is 18.5 Å². The van der Waals surface area contributed by atoms with E-state index in [0.29, 0.717) is 13.1 Å². The van der Waals surface area contributed by atoms with Gasteiger partial charge in [-0.1, -0.05) is 61.9 Å². The summed E-state index contributed by atoms with van der Waals surface area (Å²) in [6.45, 7) is 4.31. The monoisotopic (exact) mass is 367 g/mol. The number of rotatable bonds is 8. The van der Waals surface area contributed by atoms with Gasteiger partial charge in [0.1, 0.15) is 5.75 Å². The summed E-state index contributed by atoms with van der Waals surface area (Å²) in [5.74, 6) is 0.0740. The first-order valence-corrected chi connectivity index (χ1v) is 9.68. The molecule has 1 amide bonds. The van der Waals surface area contributed by atoms with E-state index in [2.05, 4.69) is 24.3 Å². The molecular weight excluding hydrogens is 338 g/mol. The number of hydrazine groups is 1. The number of carbonyl (C=O) groups is 1. The Morgan fingerprint density at radius 3 is 2.52 bits per heavy atom. The number of nitrogens with one attached hydrogen (secondary N) is 1. The van der Waals surface area contributed by atoms with Crippen LogP contribution in [0.25, 0.3) is 0 Å². The third kappa shape index (κ3) is 4.67. The Kier molecular flexibility index (Phi) is 6.48. The number of benzene rings is 2. The lowest BCUT2D eigenvalue weighted by Crippen LogP contribution is -2.35. The maximum atomic E-state index is 13.2. The molecule has 1 heterocycles. The highest BCUT2D eigenvalue weighted by Gasteiger charge is 2.42. The quantitative estimate of drug-likeness (QED) is 0.751. The number of phenols is 1. The van der Waals surface area contributed by atoms with E-state index in [1.165, 1.54) is 0 Å². The molecule has 3 rings (SSSR count). The zero-order valence-electron chi connectivity index (χ0n) is 16.1. The summed E-state index contributed by atoms with van der Waals surface area (Å²) in [7, 11) is 2.06. The molecule has 1 aliphatic rings. The second-order valence-electron chi connectivity index (χ2n) is 7.30. The largest absolute Gasteiger partial charge is 0.508 e. The van der Waals surface area contributed by atoms with Crippen LogP contribution >= 0.6 is 0 Å². The standard InChI is InChI=1S/C22H29N3O2/c1-3-4-14-24(2)16-19-21(18-12-8-9-13-20(18)26)23-25(22(19)27)15-17-10-6-5-7-11-17/h5-13,19,21,23,26H,3-4,14-16H2,1-2H3/t19-,21-/m1/s1. The van der Waals surface area contributed by atoms with Gasteiger partial charge in [-0.05, 0) is 31.6 Å². The molecule has 0 radical (unpaired) electrons. The van der Waals surface area contributed by atoms with Gasteiger partial charge in [-0.2, -0.15) is 0 Å². The van der Waals surface area contributed by atoms with E-state index in [0.717, 1.165) is 30.5 Å². The molecule has 5 heteroatoms. The number of phenolic OH excluding ortho intramolecular Hbond substituents is 1. The molecule has 2 N–H and O–H groups in total. The Labute approximate surface area is 161 Å². The highest BCUT2D eigenvalue weighted by molar-refractivity contribution is 5.82. The summed E-state index contributed by atoms with van der Waals surface area (Å²) >= 11 is 0. The molecule has 0 unspecified atom stereocenters. The highest BCUT2D eigenvalue weighted by Crippen LogP contribution is 2.35. The Balaban J connectivity index is 1.82. The van der Waals surface area contributed by atoms with Crippen LogP contribution in [0.1, 0.15) is 36.9 Å². The van der Waals surface area contributed by atoms with Crippen molar-refractivity contribution in [2.75, 3.05) is 20.1 Å². The molecule has 0 aromatic heterocycles. The van der Waals surface area contributed by atoms with Crippen LogP contribution in [0, 0.1) is 5.92 Å². The molecule has 2 aromatic rings. The lowest BCUT2D eigenvalue weighted by Gasteiger charge is -2.23. The Bertz CT molecular complexity index is 750. The van der Waals surface area contributed by atoms with Crippen LogP contribution in [-0.4, -0.2) is 41.1 Å². The number of para-hydroxylation sites is 1. The van der Waals surface area contributed by atoms with Crippen LogP contribution in [0.3, 0.4) is 0 Å². The minimum absolute atomic E-state index is 0.0791. The molecule has 0 spiro atoms. The van der Waals surface area contributed by atoms with Crippen molar-refractivity contribution in [3.05, 3.63) is 65.7 Å². The van der Waals surface area contributed by atoms with Crippen molar-refractivity contribution in [3.8, 4) is 5.75 Å². The number of unbranched alkanes of at least 4 members (excludes halogenated alkanes) is 1. The number of hydrogen-bond acceptors (Lipinski definition) is 4. The predicted octanol–water partition coefficient (Wildman–Crippen LogP) is 3.33. The molecule has 1 fully saturated rings. The van der Waals surface area contributed by atoms with Gasteiger partial charge in [0.15, 0.2) is 0 Å². The van der Waals surface area contributed by atoms with Crippen LogP contribution in [0.5, 0.6) is 5.75 Å². The minimum atomic E-state index is -0.233. The normalized spacial score (nSPS) is 19.8. The topological polar surface area (TPSA) is 55.8 Å². The lowest BCUT2D eigenvalue weighted by atomic mass is 9.93. The summed E-state index contributed by atoms with van der Waals surface area (Å²) in [5.41, 5.74) is 5.21. The molecule has 1 saturated heterocycles. The van der Waals surface area contributed by atoms with Gasteiger partial charge >= 0.3 is 0 Å². The summed E-state index contributed by atoms with van der Waals surface area (Å²) in [4.78, 5) is 15.4. The van der Waals surface area contributed by atoms with E-state index in [9.17, 15) is 9.90 Å². The number of carbonyl (C=O) groups excluding carboxylic acids is 1. The van der Waals surface area contributed by atoms with Gasteiger partial charge in [-0.15, -0.1) is 0 Å². The van der Waals surface area contributed by atoms with Crippen molar-refractivity contribution in [2.24, 2.45) is 5.92 Å². The Morgan fingerprint density at radius 1 is 1.11 bits per heavy atom. The molecule has 5 nitrogen and oxygen atoms in total. The molecule has 0 bridgehead atoms. The number of hydrogen-bond donors (Lipinski definition) is 2. The van der Waals surface area contributed by atoms with Gasteiger partial charge in [-0.25, -0.2) is 5.43 Å². The van der Waals surface area contributed by atoms with E-state index in [1.807, 2.05) is 42.5 Å². The summed E-state index contributed by atoms with van der Waals surface area (Å²) in [5, 5.41) is 12.0. The van der Waals surface area contributed by atoms with E-state index in [-0.39, 0.29) is 23.6 Å². The Hall–Kier alpha value is -2.37. The minimum Gasteiger partial charge on any atom is -0.508 e. The van der Waals surface area contributed by atoms with Gasteiger partial charge in [0.25, 0.3) is 0 Å². The maximum absolute atomic E-state index is 13.2. The van der Waals surface area contributed by atoms with Crippen LogP contribution < -0.4 is 5.43 Å². The first-order chi connectivity index (χ1) is 13.1. The summed E-state index contributed by atoms with van der Waals surface area (Å²) in [6, 6.07) is 17.0. The lowest BCUT2D eigenvalue weighted by molar-refractivity contribution is -0.133. The molecule has 0 saturated carbocycles. The van der Waals surface area contributed by atoms with Crippen LogP contribution in [-0.2, 0) is 11.3 Å². The van der Waals surface area contributed by atoms with Crippen molar-refractivity contribution in [1.82, 2.24) is 15.3 Å². The van der Waals surface area contributed by atoms with Gasteiger partial charge in [0.2, 0.25) is 5.91 Å². The smallest absolute Gasteiger partial charge is 0.243 e. The third-order valence-corrected chi connectivity index (χ3v) is 5.14. The third-order valence-electron chi connectivity index (χ3n) is 5.14. The van der Waals surface area contributed by atoms with Gasteiger partial charge < -0.3 is 10.0 Å². The van der Waals surface area contributed by atoms with Crippen LogP contribution in [0.15, 0.2) is 54.6 Å². The van der Waals surface area contributed by atoms with E-state index >= 15 is 0 Å². The molecule has 144 valence electrons. The molecule has 0 aliphatic carbocycles. The predicted molar refractivity (Wildman–Crippen MR) is 107 cm³/mol. The molecular formula is C22H29N3O2. The molecule has 27 heavy (non-hydrogen) atoms. The Morgan fingerprint density at radius 2 is 1.81 bits per heavy atom. The number of amides is 1. The van der Waals surface area contributed by atoms with Crippen molar-refractivity contribution < 1.29 is 9.90 Å². The van der Waals surface area contributed by atoms with E-state index < -0.39 is 0 Å². The summed E-state index contributed by atoms with van der Waals surface area (Å²) in [6.07, 6.45) is 2.24. The van der Waals surface area contributed by atoms with Crippen LogP contribution in [0.2, 0.25) is 0 Å². The average Bonchev–Trinajstić information content (AvgIpc) is 2.97. The fourth-order valence-corrected chi connectivity index (χ4v) is 3.63. The molecule has 2 aromatic carbocycles. The number of nitrogens with zero attached hydrogens (tertiary/aromatic N) is 2. The zero-order valence-corrected chi connectivity index (χ0v) is 16.1. The zero-order chi connectivity index (χ0) is 19.2. The van der Waals surface area contributed by atoms with Gasteiger partial charge in [-0.3, -0.25) is 9.80 Å². The fourth-order valence-electron chi connectivity index (χ4n) is 3.63. The summed E-state index contributed by atoms with van der Waals surface area (Å²) < 4.78 is 0. The van der Waals surface area contributed by atoms with Gasteiger partial charge in [0, 0.05) is 12.1 Å². The number of aromatic hydroxyl groups is 1. The van der Waals surface area contributed by atoms with Crippen molar-refractivity contribution >= 4 is 5.91 Å². The SMILES string of the molecule is CCCCN(C)C[C@H]1C(=O)N(Cc2ccccc2)N[C@@H]1c1ccccc1O. The second-order valence-corrected chi connectivity index (χ2v) is 7.30. The highest BCUT2D eigenvalue weighted by atomic mass is 16.3. The van der Waals surface area contributed by atoms with E-state index in [1.54, 1.807) is 17.1 Å². The second kappa shape index (κ2) is 9.02. The average molecular weight is 367 g/mol. The first kappa shape index (κ1) is 19.4. The van der Waals surface area contributed by atoms with Crippen molar-refractivity contribution in [2.45, 2.75) is 32.4 Å².